The molecule has 0 atom stereocenters. The number of hydrogen-bond donors (Lipinski definition) is 0. The zero-order chi connectivity index (χ0) is 45.0. The number of aromatic nitrogens is 5. The van der Waals surface area contributed by atoms with E-state index < -0.39 is 0 Å². The number of fused-ring (bicyclic) bond motifs is 6. The largest absolute Gasteiger partial charge is 0.309 e. The molecule has 0 amide bonds. The quantitative estimate of drug-likeness (QED) is 0.153. The van der Waals surface area contributed by atoms with Gasteiger partial charge >= 0.3 is 0 Å². The molecular formula is C63H41N5. The standard InChI is InChI=1S/C63H41N5/c1-6-20-42(21-7-1)46-36-38-52-57(40-46)67(48-28-14-5-15-29-48)55-34-18-31-50(60(52)55)49-32-19-35-56-59(49)51-30-16-17-33-54(51)68(56)58-41-47(43-22-8-2-9-23-43)37-39-53(58)63-65-61(44-24-10-3-11-25-44)64-62(66-63)45-26-12-4-13-27-45/h1-41H. The number of hydrogen-bond acceptors (Lipinski definition) is 3. The second kappa shape index (κ2) is 16.4. The highest BCUT2D eigenvalue weighted by Crippen LogP contribution is 2.46. The average molecular weight is 868 g/mol. The number of nitrogens with zero attached hydrogens (tertiary/aromatic N) is 5. The molecule has 68 heavy (non-hydrogen) atoms. The molecule has 10 aromatic carbocycles. The summed E-state index contributed by atoms with van der Waals surface area (Å²) in [5.41, 5.74) is 16.3. The highest BCUT2D eigenvalue weighted by molar-refractivity contribution is 6.22. The van der Waals surface area contributed by atoms with Gasteiger partial charge in [0.1, 0.15) is 0 Å². The lowest BCUT2D eigenvalue weighted by atomic mass is 9.95. The van der Waals surface area contributed by atoms with Crippen LogP contribution in [0.3, 0.4) is 0 Å². The van der Waals surface area contributed by atoms with Crippen LogP contribution in [0.15, 0.2) is 249 Å². The van der Waals surface area contributed by atoms with Crippen LogP contribution in [0.25, 0.3) is 123 Å². The van der Waals surface area contributed by atoms with Gasteiger partial charge in [-0.1, -0.05) is 200 Å². The van der Waals surface area contributed by atoms with E-state index in [2.05, 4.69) is 221 Å². The topological polar surface area (TPSA) is 48.5 Å². The molecule has 5 nitrogen and oxygen atoms in total. The monoisotopic (exact) mass is 867 g/mol. The molecular weight excluding hydrogens is 827 g/mol. The first-order valence-corrected chi connectivity index (χ1v) is 23.0. The van der Waals surface area contributed by atoms with E-state index in [-0.39, 0.29) is 0 Å². The summed E-state index contributed by atoms with van der Waals surface area (Å²) in [6.07, 6.45) is 0. The van der Waals surface area contributed by atoms with Gasteiger partial charge in [0, 0.05) is 43.9 Å². The highest BCUT2D eigenvalue weighted by Gasteiger charge is 2.24. The smallest absolute Gasteiger partial charge is 0.166 e. The van der Waals surface area contributed by atoms with E-state index >= 15 is 0 Å². The van der Waals surface area contributed by atoms with E-state index in [1.165, 1.54) is 43.9 Å². The fourth-order valence-electron chi connectivity index (χ4n) is 10.1. The summed E-state index contributed by atoms with van der Waals surface area (Å²) in [5, 5.41) is 4.76. The van der Waals surface area contributed by atoms with Gasteiger partial charge in [-0.05, 0) is 81.9 Å². The van der Waals surface area contributed by atoms with Crippen molar-refractivity contribution in [3.8, 4) is 78.9 Å². The van der Waals surface area contributed by atoms with Crippen LogP contribution in [0.1, 0.15) is 0 Å². The van der Waals surface area contributed by atoms with E-state index in [0.717, 1.165) is 61.1 Å². The predicted molar refractivity (Wildman–Crippen MR) is 281 cm³/mol. The first kappa shape index (κ1) is 39.2. The van der Waals surface area contributed by atoms with Crippen LogP contribution in [0.2, 0.25) is 0 Å². The zero-order valence-corrected chi connectivity index (χ0v) is 36.9. The van der Waals surface area contributed by atoms with Crippen molar-refractivity contribution < 1.29 is 0 Å². The summed E-state index contributed by atoms with van der Waals surface area (Å²) in [7, 11) is 0. The summed E-state index contributed by atoms with van der Waals surface area (Å²) >= 11 is 0. The number of rotatable bonds is 8. The predicted octanol–water partition coefficient (Wildman–Crippen LogP) is 16.1. The van der Waals surface area contributed by atoms with Crippen molar-refractivity contribution in [3.63, 3.8) is 0 Å². The van der Waals surface area contributed by atoms with Crippen molar-refractivity contribution in [1.82, 2.24) is 24.1 Å². The Morgan fingerprint density at radius 2 is 0.691 bits per heavy atom. The lowest BCUT2D eigenvalue weighted by Gasteiger charge is -2.16. The Labute approximate surface area is 393 Å². The molecule has 13 aromatic rings. The maximum absolute atomic E-state index is 5.28. The van der Waals surface area contributed by atoms with Gasteiger partial charge in [-0.25, -0.2) is 15.0 Å². The maximum atomic E-state index is 5.28. The molecule has 0 N–H and O–H groups in total. The molecule has 0 saturated carbocycles. The average Bonchev–Trinajstić information content (AvgIpc) is 3.95. The Hall–Kier alpha value is -9.19. The first-order chi connectivity index (χ1) is 33.7. The lowest BCUT2D eigenvalue weighted by molar-refractivity contribution is 1.06. The van der Waals surface area contributed by atoms with Crippen molar-refractivity contribution in [2.24, 2.45) is 0 Å². The molecule has 0 aliphatic rings. The van der Waals surface area contributed by atoms with Crippen LogP contribution in [0.5, 0.6) is 0 Å². The maximum Gasteiger partial charge on any atom is 0.166 e. The van der Waals surface area contributed by atoms with Crippen LogP contribution in [0.4, 0.5) is 0 Å². The Balaban J connectivity index is 1.09. The van der Waals surface area contributed by atoms with Crippen molar-refractivity contribution in [1.29, 1.82) is 0 Å². The normalized spacial score (nSPS) is 11.5. The molecule has 0 bridgehead atoms. The van der Waals surface area contributed by atoms with Crippen LogP contribution in [-0.4, -0.2) is 24.1 Å². The Morgan fingerprint density at radius 3 is 1.28 bits per heavy atom. The second-order valence-electron chi connectivity index (χ2n) is 17.2. The molecule has 0 saturated heterocycles. The molecule has 3 aromatic heterocycles. The van der Waals surface area contributed by atoms with Gasteiger partial charge in [0.15, 0.2) is 17.5 Å². The molecule has 318 valence electrons. The molecule has 0 spiro atoms. The highest BCUT2D eigenvalue weighted by atomic mass is 15.1. The van der Waals surface area contributed by atoms with Gasteiger partial charge in [-0.15, -0.1) is 0 Å². The number of benzene rings is 10. The van der Waals surface area contributed by atoms with Gasteiger partial charge < -0.3 is 9.13 Å². The SMILES string of the molecule is c1ccc(-c2ccc(-c3nc(-c4ccccc4)nc(-c4ccccc4)n3)c(-n3c4ccccc4c4c(-c5cccc6c5c5ccc(-c7ccccc7)cc5n6-c5ccccc5)cccc43)c2)cc1. The first-order valence-electron chi connectivity index (χ1n) is 23.0. The summed E-state index contributed by atoms with van der Waals surface area (Å²) < 4.78 is 4.84. The van der Waals surface area contributed by atoms with E-state index in [9.17, 15) is 0 Å². The Kier molecular flexibility index (Phi) is 9.43. The summed E-state index contributed by atoms with van der Waals surface area (Å²) in [4.78, 5) is 15.6. The van der Waals surface area contributed by atoms with Gasteiger partial charge in [0.05, 0.1) is 27.8 Å². The van der Waals surface area contributed by atoms with Crippen LogP contribution < -0.4 is 0 Å². The van der Waals surface area contributed by atoms with Crippen molar-refractivity contribution >= 4 is 43.6 Å². The molecule has 13 rings (SSSR count). The minimum absolute atomic E-state index is 0.600. The Morgan fingerprint density at radius 1 is 0.250 bits per heavy atom. The lowest BCUT2D eigenvalue weighted by Crippen LogP contribution is -2.04. The summed E-state index contributed by atoms with van der Waals surface area (Å²) in [6.45, 7) is 0. The van der Waals surface area contributed by atoms with Crippen molar-refractivity contribution in [2.75, 3.05) is 0 Å². The molecule has 0 radical (unpaired) electrons. The molecule has 0 aliphatic heterocycles. The van der Waals surface area contributed by atoms with Crippen LogP contribution in [-0.2, 0) is 0 Å². The second-order valence-corrected chi connectivity index (χ2v) is 17.2. The van der Waals surface area contributed by atoms with Crippen LogP contribution >= 0.6 is 0 Å². The van der Waals surface area contributed by atoms with E-state index in [4.69, 9.17) is 15.0 Å². The molecule has 5 heteroatoms. The van der Waals surface area contributed by atoms with Gasteiger partial charge in [0.25, 0.3) is 0 Å². The zero-order valence-electron chi connectivity index (χ0n) is 36.9. The van der Waals surface area contributed by atoms with E-state index in [1.807, 2.05) is 36.4 Å². The summed E-state index contributed by atoms with van der Waals surface area (Å²) in [6, 6.07) is 88.3. The van der Waals surface area contributed by atoms with Gasteiger partial charge in [-0.2, -0.15) is 0 Å². The third-order valence-corrected chi connectivity index (χ3v) is 13.2. The fourth-order valence-corrected chi connectivity index (χ4v) is 10.1. The van der Waals surface area contributed by atoms with Crippen LogP contribution in [0, 0.1) is 0 Å². The Bertz CT molecular complexity index is 3930. The summed E-state index contributed by atoms with van der Waals surface area (Å²) in [5.74, 6) is 1.84. The van der Waals surface area contributed by atoms with Crippen molar-refractivity contribution in [2.45, 2.75) is 0 Å². The number of para-hydroxylation sites is 2. The van der Waals surface area contributed by atoms with Crippen molar-refractivity contribution in [3.05, 3.63) is 249 Å². The molecule has 0 aliphatic carbocycles. The third-order valence-electron chi connectivity index (χ3n) is 13.2. The van der Waals surface area contributed by atoms with Gasteiger partial charge in [0.2, 0.25) is 0 Å². The third kappa shape index (κ3) is 6.59. The molecule has 3 heterocycles. The minimum Gasteiger partial charge on any atom is -0.309 e. The molecule has 0 fully saturated rings. The van der Waals surface area contributed by atoms with E-state index in [1.54, 1.807) is 0 Å². The minimum atomic E-state index is 0.600. The van der Waals surface area contributed by atoms with Gasteiger partial charge in [-0.3, -0.25) is 0 Å². The molecule has 0 unspecified atom stereocenters. The fraction of sp³-hybridized carbons (Fsp3) is 0. The van der Waals surface area contributed by atoms with E-state index in [0.29, 0.717) is 17.5 Å².